The van der Waals surface area contributed by atoms with Crippen molar-refractivity contribution in [2.24, 2.45) is 5.92 Å². The standard InChI is InChI=1S/C23H23NO2/c25-16-18-7-5-17(6-8-18)13-19-11-12-24(15-19)23(26)22-10-9-20-3-1-2-4-21(20)14-22/h1-10,14,19,25H,11-13,15-16H2. The van der Waals surface area contributed by atoms with Crippen molar-refractivity contribution < 1.29 is 9.90 Å². The molecule has 3 nitrogen and oxygen atoms in total. The van der Waals surface area contributed by atoms with Crippen LogP contribution in [-0.4, -0.2) is 29.0 Å². The largest absolute Gasteiger partial charge is 0.392 e. The van der Waals surface area contributed by atoms with Gasteiger partial charge in [0.25, 0.3) is 5.91 Å². The molecule has 1 fully saturated rings. The van der Waals surface area contributed by atoms with Gasteiger partial charge in [0.2, 0.25) is 0 Å². The molecular formula is C23H23NO2. The van der Waals surface area contributed by atoms with Gasteiger partial charge in [0, 0.05) is 18.7 Å². The summed E-state index contributed by atoms with van der Waals surface area (Å²) in [5, 5.41) is 11.4. The summed E-state index contributed by atoms with van der Waals surface area (Å²) in [5.74, 6) is 0.633. The predicted octanol–water partition coefficient (Wildman–Crippen LogP) is 4.04. The van der Waals surface area contributed by atoms with Crippen LogP contribution in [0.25, 0.3) is 10.8 Å². The Morgan fingerprint density at radius 2 is 1.69 bits per heavy atom. The Labute approximate surface area is 153 Å². The quantitative estimate of drug-likeness (QED) is 0.775. The van der Waals surface area contributed by atoms with E-state index in [9.17, 15) is 4.79 Å². The molecule has 3 aromatic carbocycles. The number of aliphatic hydroxyl groups excluding tert-OH is 1. The molecule has 3 heteroatoms. The average molecular weight is 345 g/mol. The molecule has 1 amide bonds. The molecule has 0 aromatic heterocycles. The number of benzene rings is 3. The third kappa shape index (κ3) is 3.49. The van der Waals surface area contributed by atoms with E-state index in [2.05, 4.69) is 24.3 Å². The van der Waals surface area contributed by atoms with Gasteiger partial charge in [-0.25, -0.2) is 0 Å². The normalized spacial score (nSPS) is 17.0. The number of rotatable bonds is 4. The van der Waals surface area contributed by atoms with Crippen LogP contribution >= 0.6 is 0 Å². The maximum atomic E-state index is 12.9. The van der Waals surface area contributed by atoms with Gasteiger partial charge in [-0.3, -0.25) is 4.79 Å². The highest BCUT2D eigenvalue weighted by molar-refractivity contribution is 5.98. The lowest BCUT2D eigenvalue weighted by atomic mass is 9.98. The molecule has 0 aliphatic carbocycles. The van der Waals surface area contributed by atoms with E-state index in [0.717, 1.165) is 47.8 Å². The minimum absolute atomic E-state index is 0.0811. The number of fused-ring (bicyclic) bond motifs is 1. The van der Waals surface area contributed by atoms with Gasteiger partial charge in [0.1, 0.15) is 0 Å². The molecule has 1 unspecified atom stereocenters. The molecule has 1 saturated heterocycles. The number of aliphatic hydroxyl groups is 1. The van der Waals surface area contributed by atoms with Crippen LogP contribution in [0, 0.1) is 5.92 Å². The maximum absolute atomic E-state index is 12.9. The van der Waals surface area contributed by atoms with Gasteiger partial charge in [-0.2, -0.15) is 0 Å². The number of likely N-dealkylation sites (tertiary alicyclic amines) is 1. The van der Waals surface area contributed by atoms with Crippen molar-refractivity contribution in [1.29, 1.82) is 0 Å². The average Bonchev–Trinajstić information content (AvgIpc) is 3.16. The molecular weight excluding hydrogens is 322 g/mol. The summed E-state index contributed by atoms with van der Waals surface area (Å²) in [6.07, 6.45) is 2.02. The van der Waals surface area contributed by atoms with Gasteiger partial charge in [-0.15, -0.1) is 0 Å². The first-order valence-electron chi connectivity index (χ1n) is 9.20. The second-order valence-corrected chi connectivity index (χ2v) is 7.15. The molecule has 0 radical (unpaired) electrons. The molecule has 0 saturated carbocycles. The molecule has 132 valence electrons. The fourth-order valence-electron chi connectivity index (χ4n) is 3.80. The highest BCUT2D eigenvalue weighted by Gasteiger charge is 2.27. The third-order valence-corrected chi connectivity index (χ3v) is 5.30. The van der Waals surface area contributed by atoms with Crippen LogP contribution in [0.15, 0.2) is 66.7 Å². The fraction of sp³-hybridized carbons (Fsp3) is 0.261. The van der Waals surface area contributed by atoms with Gasteiger partial charge >= 0.3 is 0 Å². The molecule has 1 atom stereocenters. The zero-order chi connectivity index (χ0) is 17.9. The zero-order valence-corrected chi connectivity index (χ0v) is 14.8. The summed E-state index contributed by atoms with van der Waals surface area (Å²) in [6.45, 7) is 1.72. The van der Waals surface area contributed by atoms with Crippen LogP contribution in [0.1, 0.15) is 27.9 Å². The predicted molar refractivity (Wildman–Crippen MR) is 104 cm³/mol. The van der Waals surface area contributed by atoms with Crippen LogP contribution in [0.4, 0.5) is 0 Å². The minimum Gasteiger partial charge on any atom is -0.392 e. The molecule has 0 bridgehead atoms. The van der Waals surface area contributed by atoms with Gasteiger partial charge in [0.15, 0.2) is 0 Å². The molecule has 1 N–H and O–H groups in total. The SMILES string of the molecule is O=C(c1ccc2ccccc2c1)N1CCC(Cc2ccc(CO)cc2)C1. The van der Waals surface area contributed by atoms with Crippen LogP contribution in [0.2, 0.25) is 0 Å². The summed E-state index contributed by atoms with van der Waals surface area (Å²) in [6, 6.07) is 22.2. The number of hydrogen-bond acceptors (Lipinski definition) is 2. The van der Waals surface area contributed by atoms with Crippen molar-refractivity contribution in [3.8, 4) is 0 Å². The summed E-state index contributed by atoms with van der Waals surface area (Å²) in [4.78, 5) is 14.9. The second kappa shape index (κ2) is 7.30. The molecule has 1 heterocycles. The first-order chi connectivity index (χ1) is 12.7. The highest BCUT2D eigenvalue weighted by Crippen LogP contribution is 2.24. The van der Waals surface area contributed by atoms with E-state index < -0.39 is 0 Å². The van der Waals surface area contributed by atoms with E-state index in [-0.39, 0.29) is 12.5 Å². The van der Waals surface area contributed by atoms with Crippen molar-refractivity contribution >= 4 is 16.7 Å². The number of hydrogen-bond donors (Lipinski definition) is 1. The summed E-state index contributed by atoms with van der Waals surface area (Å²) in [7, 11) is 0. The third-order valence-electron chi connectivity index (χ3n) is 5.30. The van der Waals surface area contributed by atoms with Crippen molar-refractivity contribution in [2.45, 2.75) is 19.4 Å². The van der Waals surface area contributed by atoms with Crippen LogP contribution in [0.3, 0.4) is 0 Å². The second-order valence-electron chi connectivity index (χ2n) is 7.15. The van der Waals surface area contributed by atoms with E-state index >= 15 is 0 Å². The Morgan fingerprint density at radius 1 is 0.962 bits per heavy atom. The maximum Gasteiger partial charge on any atom is 0.253 e. The lowest BCUT2D eigenvalue weighted by molar-refractivity contribution is 0.0787. The molecule has 1 aliphatic rings. The summed E-state index contributed by atoms with van der Waals surface area (Å²) >= 11 is 0. The monoisotopic (exact) mass is 345 g/mol. The number of nitrogens with zero attached hydrogens (tertiary/aromatic N) is 1. The molecule has 3 aromatic rings. The lowest BCUT2D eigenvalue weighted by Gasteiger charge is -2.17. The molecule has 26 heavy (non-hydrogen) atoms. The first kappa shape index (κ1) is 16.8. The first-order valence-corrected chi connectivity index (χ1v) is 9.20. The van der Waals surface area contributed by atoms with Crippen molar-refractivity contribution in [2.75, 3.05) is 13.1 Å². The van der Waals surface area contributed by atoms with Gasteiger partial charge < -0.3 is 10.0 Å². The van der Waals surface area contributed by atoms with E-state index in [0.29, 0.717) is 5.92 Å². The topological polar surface area (TPSA) is 40.5 Å². The fourth-order valence-corrected chi connectivity index (χ4v) is 3.80. The zero-order valence-electron chi connectivity index (χ0n) is 14.8. The Hall–Kier alpha value is -2.65. The van der Waals surface area contributed by atoms with Crippen molar-refractivity contribution in [1.82, 2.24) is 4.90 Å². The molecule has 0 spiro atoms. The Kier molecular flexibility index (Phi) is 4.72. The highest BCUT2D eigenvalue weighted by atomic mass is 16.3. The number of carbonyl (C=O) groups is 1. The number of amides is 1. The Morgan fingerprint density at radius 3 is 2.46 bits per heavy atom. The van der Waals surface area contributed by atoms with Gasteiger partial charge in [0.05, 0.1) is 6.61 Å². The minimum atomic E-state index is 0.0811. The van der Waals surface area contributed by atoms with Crippen LogP contribution in [0.5, 0.6) is 0 Å². The Bertz CT molecular complexity index is 917. The van der Waals surface area contributed by atoms with E-state index in [4.69, 9.17) is 5.11 Å². The Balaban J connectivity index is 1.42. The van der Waals surface area contributed by atoms with Crippen LogP contribution < -0.4 is 0 Å². The van der Waals surface area contributed by atoms with E-state index in [1.54, 1.807) is 0 Å². The van der Waals surface area contributed by atoms with E-state index in [1.807, 2.05) is 47.4 Å². The van der Waals surface area contributed by atoms with Gasteiger partial charge in [-0.05, 0) is 52.8 Å². The lowest BCUT2D eigenvalue weighted by Crippen LogP contribution is -2.28. The van der Waals surface area contributed by atoms with E-state index in [1.165, 1.54) is 5.56 Å². The van der Waals surface area contributed by atoms with Crippen molar-refractivity contribution in [3.05, 3.63) is 83.4 Å². The van der Waals surface area contributed by atoms with Crippen LogP contribution in [-0.2, 0) is 13.0 Å². The molecule has 1 aliphatic heterocycles. The smallest absolute Gasteiger partial charge is 0.253 e. The van der Waals surface area contributed by atoms with Gasteiger partial charge in [-0.1, -0.05) is 54.6 Å². The summed E-state index contributed by atoms with van der Waals surface area (Å²) < 4.78 is 0. The van der Waals surface area contributed by atoms with Crippen molar-refractivity contribution in [3.63, 3.8) is 0 Å². The molecule has 4 rings (SSSR count). The summed E-state index contributed by atoms with van der Waals surface area (Å²) in [5.41, 5.74) is 2.98. The number of carbonyl (C=O) groups excluding carboxylic acids is 1.